The predicted octanol–water partition coefficient (Wildman–Crippen LogP) is 1.69. The summed E-state index contributed by atoms with van der Waals surface area (Å²) in [6.07, 6.45) is 3.67. The predicted molar refractivity (Wildman–Crippen MR) is 85.5 cm³/mol. The van der Waals surface area contributed by atoms with Crippen LogP contribution in [-0.2, 0) is 11.3 Å². The first kappa shape index (κ1) is 14.6. The maximum absolute atomic E-state index is 12.3. The molecular weight excluding hydrogens is 310 g/mol. The van der Waals surface area contributed by atoms with Gasteiger partial charge in [0.05, 0.1) is 17.2 Å². The zero-order valence-corrected chi connectivity index (χ0v) is 12.8. The van der Waals surface area contributed by atoms with Crippen molar-refractivity contribution in [2.45, 2.75) is 31.7 Å². The lowest BCUT2D eigenvalue weighted by atomic mass is 10.2. The summed E-state index contributed by atoms with van der Waals surface area (Å²) >= 11 is 0. The zero-order valence-electron chi connectivity index (χ0n) is 12.8. The first-order valence-electron chi connectivity index (χ1n) is 7.78. The molecule has 0 bridgehead atoms. The van der Waals surface area contributed by atoms with Crippen molar-refractivity contribution in [2.75, 3.05) is 5.32 Å². The van der Waals surface area contributed by atoms with Crippen LogP contribution in [0, 0.1) is 0 Å². The van der Waals surface area contributed by atoms with Crippen molar-refractivity contribution in [1.82, 2.24) is 19.7 Å². The molecule has 4 rings (SSSR count). The fourth-order valence-electron chi connectivity index (χ4n) is 2.46. The minimum atomic E-state index is -0.279. The average Bonchev–Trinajstić information content (AvgIpc) is 3.34. The smallest absolute Gasteiger partial charge is 0.270 e. The Morgan fingerprint density at radius 1 is 1.33 bits per heavy atom. The Balaban J connectivity index is 1.41. The molecule has 0 unspecified atom stereocenters. The topological polar surface area (TPSA) is 103 Å². The van der Waals surface area contributed by atoms with Crippen LogP contribution in [0.25, 0.3) is 10.9 Å². The number of anilines is 1. The fourth-order valence-corrected chi connectivity index (χ4v) is 2.46. The van der Waals surface area contributed by atoms with Crippen LogP contribution >= 0.6 is 0 Å². The molecule has 0 aliphatic heterocycles. The van der Waals surface area contributed by atoms with E-state index >= 15 is 0 Å². The molecule has 1 saturated carbocycles. The highest BCUT2D eigenvalue weighted by Crippen LogP contribution is 2.39. The van der Waals surface area contributed by atoms with E-state index < -0.39 is 0 Å². The molecule has 1 aliphatic carbocycles. The van der Waals surface area contributed by atoms with Gasteiger partial charge < -0.3 is 4.52 Å². The minimum absolute atomic E-state index is 0.118. The van der Waals surface area contributed by atoms with Crippen molar-refractivity contribution in [2.24, 2.45) is 0 Å². The molecule has 1 N–H and O–H groups in total. The molecule has 0 atom stereocenters. The summed E-state index contributed by atoms with van der Waals surface area (Å²) in [5.74, 6) is 0.801. The van der Waals surface area contributed by atoms with Crippen LogP contribution in [0.1, 0.15) is 31.1 Å². The van der Waals surface area contributed by atoms with Crippen molar-refractivity contribution in [3.8, 4) is 0 Å². The number of nitrogens with zero attached hydrogens (tertiary/aromatic N) is 4. The number of benzene rings is 1. The number of carbonyl (C=O) groups excluding carboxylic acids is 1. The van der Waals surface area contributed by atoms with E-state index in [0.29, 0.717) is 22.7 Å². The van der Waals surface area contributed by atoms with Gasteiger partial charge >= 0.3 is 0 Å². The summed E-state index contributed by atoms with van der Waals surface area (Å²) in [4.78, 5) is 32.7. The third-order valence-electron chi connectivity index (χ3n) is 3.93. The number of hydrogen-bond donors (Lipinski definition) is 1. The van der Waals surface area contributed by atoms with Gasteiger partial charge in [0.15, 0.2) is 0 Å². The summed E-state index contributed by atoms with van der Waals surface area (Å²) in [6.45, 7) is 0.232. The average molecular weight is 325 g/mol. The van der Waals surface area contributed by atoms with Crippen LogP contribution in [0.3, 0.4) is 0 Å². The summed E-state index contributed by atoms with van der Waals surface area (Å²) in [5.41, 5.74) is 0.478. The lowest BCUT2D eigenvalue weighted by Gasteiger charge is -2.06. The van der Waals surface area contributed by atoms with E-state index in [4.69, 9.17) is 4.52 Å². The summed E-state index contributed by atoms with van der Waals surface area (Å²) in [5, 5.41) is 6.85. The van der Waals surface area contributed by atoms with Crippen molar-refractivity contribution in [1.29, 1.82) is 0 Å². The van der Waals surface area contributed by atoms with Gasteiger partial charge in [0.25, 0.3) is 11.5 Å². The fraction of sp³-hybridized carbons (Fsp3) is 0.312. The molecule has 0 saturated heterocycles. The number of aromatic nitrogens is 4. The Kier molecular flexibility index (Phi) is 3.56. The zero-order chi connectivity index (χ0) is 16.5. The van der Waals surface area contributed by atoms with Crippen LogP contribution < -0.4 is 10.9 Å². The Morgan fingerprint density at radius 2 is 2.17 bits per heavy atom. The second-order valence-electron chi connectivity index (χ2n) is 5.79. The SMILES string of the molecule is O=C(CCn1cnc2ccccc2c1=O)Nc1noc(C2CC2)n1. The van der Waals surface area contributed by atoms with Crippen molar-refractivity contribution < 1.29 is 9.32 Å². The normalized spacial score (nSPS) is 14.0. The van der Waals surface area contributed by atoms with Crippen LogP contribution in [0.5, 0.6) is 0 Å². The molecule has 1 fully saturated rings. The first-order chi connectivity index (χ1) is 11.7. The molecule has 122 valence electrons. The quantitative estimate of drug-likeness (QED) is 0.765. The number of fused-ring (bicyclic) bond motifs is 1. The Morgan fingerprint density at radius 3 is 3.00 bits per heavy atom. The number of hydrogen-bond acceptors (Lipinski definition) is 6. The number of nitrogens with one attached hydrogen (secondary N) is 1. The van der Waals surface area contributed by atoms with Gasteiger partial charge in [0.2, 0.25) is 11.8 Å². The molecule has 2 heterocycles. The number of carbonyl (C=O) groups is 1. The van der Waals surface area contributed by atoms with E-state index in [1.54, 1.807) is 18.2 Å². The van der Waals surface area contributed by atoms with Crippen LogP contribution in [0.15, 0.2) is 39.9 Å². The van der Waals surface area contributed by atoms with Crippen LogP contribution in [-0.4, -0.2) is 25.6 Å². The van der Waals surface area contributed by atoms with E-state index in [1.165, 1.54) is 10.9 Å². The molecule has 8 heteroatoms. The number of rotatable bonds is 5. The maximum Gasteiger partial charge on any atom is 0.270 e. The molecule has 0 spiro atoms. The molecular formula is C16H15N5O3. The van der Waals surface area contributed by atoms with Gasteiger partial charge in [-0.25, -0.2) is 4.98 Å². The molecule has 1 aliphatic rings. The van der Waals surface area contributed by atoms with Crippen LogP contribution in [0.4, 0.5) is 5.95 Å². The van der Waals surface area contributed by atoms with Crippen molar-refractivity contribution in [3.63, 3.8) is 0 Å². The highest BCUT2D eigenvalue weighted by molar-refractivity contribution is 5.88. The Labute approximate surface area is 136 Å². The number of aryl methyl sites for hydroxylation is 1. The maximum atomic E-state index is 12.3. The number of para-hydroxylation sites is 1. The molecule has 8 nitrogen and oxygen atoms in total. The van der Waals surface area contributed by atoms with E-state index in [1.807, 2.05) is 6.07 Å². The van der Waals surface area contributed by atoms with Gasteiger partial charge in [-0.3, -0.25) is 19.5 Å². The highest BCUT2D eigenvalue weighted by atomic mass is 16.5. The molecule has 24 heavy (non-hydrogen) atoms. The summed E-state index contributed by atoms with van der Waals surface area (Å²) in [7, 11) is 0. The highest BCUT2D eigenvalue weighted by Gasteiger charge is 2.29. The van der Waals surface area contributed by atoms with Crippen molar-refractivity contribution in [3.05, 3.63) is 46.8 Å². The van der Waals surface area contributed by atoms with Gasteiger partial charge in [-0.1, -0.05) is 12.1 Å². The second-order valence-corrected chi connectivity index (χ2v) is 5.79. The van der Waals surface area contributed by atoms with Gasteiger partial charge in [-0.15, -0.1) is 0 Å². The van der Waals surface area contributed by atoms with Gasteiger partial charge in [0, 0.05) is 18.9 Å². The van der Waals surface area contributed by atoms with Gasteiger partial charge in [-0.2, -0.15) is 4.98 Å². The minimum Gasteiger partial charge on any atom is -0.337 e. The largest absolute Gasteiger partial charge is 0.337 e. The molecule has 1 aromatic carbocycles. The van der Waals surface area contributed by atoms with E-state index in [9.17, 15) is 9.59 Å². The molecule has 1 amide bonds. The monoisotopic (exact) mass is 325 g/mol. The lowest BCUT2D eigenvalue weighted by molar-refractivity contribution is -0.116. The van der Waals surface area contributed by atoms with E-state index in [0.717, 1.165) is 12.8 Å². The first-order valence-corrected chi connectivity index (χ1v) is 7.78. The Hall–Kier alpha value is -3.03. The lowest BCUT2D eigenvalue weighted by Crippen LogP contribution is -2.23. The molecule has 2 aromatic heterocycles. The van der Waals surface area contributed by atoms with Crippen molar-refractivity contribution >= 4 is 22.8 Å². The van der Waals surface area contributed by atoms with Gasteiger partial charge in [-0.05, 0) is 30.1 Å². The number of amides is 1. The van der Waals surface area contributed by atoms with E-state index in [2.05, 4.69) is 20.4 Å². The van der Waals surface area contributed by atoms with E-state index in [-0.39, 0.29) is 30.4 Å². The molecule has 3 aromatic rings. The third-order valence-corrected chi connectivity index (χ3v) is 3.93. The molecule has 0 radical (unpaired) electrons. The summed E-state index contributed by atoms with van der Waals surface area (Å²) in [6, 6.07) is 7.12. The second kappa shape index (κ2) is 5.88. The van der Waals surface area contributed by atoms with Crippen LogP contribution in [0.2, 0.25) is 0 Å². The van der Waals surface area contributed by atoms with Gasteiger partial charge in [0.1, 0.15) is 0 Å². The standard InChI is InChI=1S/C16H15N5O3/c22-13(18-16-19-14(24-20-16)10-5-6-10)7-8-21-9-17-12-4-2-1-3-11(12)15(21)23/h1-4,9-10H,5-8H2,(H,18,20,22). The third kappa shape index (κ3) is 2.90. The summed E-state index contributed by atoms with van der Waals surface area (Å²) < 4.78 is 6.50. The Bertz CT molecular complexity index is 958.